The predicted molar refractivity (Wildman–Crippen MR) is 61.8 cm³/mol. The smallest absolute Gasteiger partial charge is 0.0238 e. The van der Waals surface area contributed by atoms with E-state index in [1.165, 1.54) is 38.5 Å². The van der Waals surface area contributed by atoms with Gasteiger partial charge < -0.3 is 0 Å². The van der Waals surface area contributed by atoms with Crippen LogP contribution in [-0.4, -0.2) is 6.04 Å². The summed E-state index contributed by atoms with van der Waals surface area (Å²) in [6, 6.07) is 0.553. The summed E-state index contributed by atoms with van der Waals surface area (Å²) in [4.78, 5) is 0. The third-order valence-corrected chi connectivity index (χ3v) is 3.39. The minimum absolute atomic E-state index is 0.438. The lowest BCUT2D eigenvalue weighted by molar-refractivity contribution is 0.280. The van der Waals surface area contributed by atoms with Crippen LogP contribution >= 0.6 is 0 Å². The van der Waals surface area contributed by atoms with Crippen molar-refractivity contribution in [1.29, 1.82) is 0 Å². The lowest BCUT2D eigenvalue weighted by Gasteiger charge is -2.26. The minimum atomic E-state index is 0.438. The molecular formula is C12H26N2. The molecule has 1 fully saturated rings. The molecule has 1 unspecified atom stereocenters. The molecule has 0 aromatic carbocycles. The Labute approximate surface area is 88.6 Å². The third kappa shape index (κ3) is 3.97. The molecule has 2 heteroatoms. The topological polar surface area (TPSA) is 38.0 Å². The SMILES string of the molecule is CC(C)(C)CCC(NN)C1CCCC1. The Morgan fingerprint density at radius 3 is 2.29 bits per heavy atom. The molecule has 0 spiro atoms. The van der Waals surface area contributed by atoms with Crippen molar-refractivity contribution in [2.24, 2.45) is 17.2 Å². The maximum Gasteiger partial charge on any atom is 0.0238 e. The molecule has 0 bridgehead atoms. The van der Waals surface area contributed by atoms with Crippen LogP contribution in [0.4, 0.5) is 0 Å². The van der Waals surface area contributed by atoms with E-state index >= 15 is 0 Å². The Hall–Kier alpha value is -0.0800. The number of hydrogen-bond donors (Lipinski definition) is 2. The molecule has 2 nitrogen and oxygen atoms in total. The van der Waals surface area contributed by atoms with Crippen LogP contribution in [0.1, 0.15) is 59.3 Å². The van der Waals surface area contributed by atoms with Gasteiger partial charge in [0.25, 0.3) is 0 Å². The van der Waals surface area contributed by atoms with Crippen molar-refractivity contribution in [3.8, 4) is 0 Å². The van der Waals surface area contributed by atoms with Gasteiger partial charge in [-0.2, -0.15) is 0 Å². The van der Waals surface area contributed by atoms with E-state index in [2.05, 4.69) is 26.2 Å². The van der Waals surface area contributed by atoms with Crippen LogP contribution in [0.25, 0.3) is 0 Å². The van der Waals surface area contributed by atoms with E-state index in [1.807, 2.05) is 0 Å². The van der Waals surface area contributed by atoms with Crippen LogP contribution in [0.3, 0.4) is 0 Å². The summed E-state index contributed by atoms with van der Waals surface area (Å²) in [6.07, 6.45) is 8.04. The molecule has 0 aromatic rings. The van der Waals surface area contributed by atoms with Gasteiger partial charge in [-0.3, -0.25) is 11.3 Å². The quantitative estimate of drug-likeness (QED) is 0.538. The second kappa shape index (κ2) is 5.13. The Balaban J connectivity index is 2.31. The molecule has 0 heterocycles. The van der Waals surface area contributed by atoms with E-state index in [1.54, 1.807) is 0 Å². The van der Waals surface area contributed by atoms with Crippen molar-refractivity contribution in [2.45, 2.75) is 65.3 Å². The molecule has 0 aromatic heterocycles. The third-order valence-electron chi connectivity index (χ3n) is 3.39. The molecule has 3 N–H and O–H groups in total. The monoisotopic (exact) mass is 198 g/mol. The largest absolute Gasteiger partial charge is 0.271 e. The van der Waals surface area contributed by atoms with Gasteiger partial charge in [0, 0.05) is 6.04 Å². The normalized spacial score (nSPS) is 21.4. The van der Waals surface area contributed by atoms with E-state index in [9.17, 15) is 0 Å². The highest BCUT2D eigenvalue weighted by Crippen LogP contribution is 2.31. The van der Waals surface area contributed by atoms with E-state index in [0.29, 0.717) is 11.5 Å². The summed E-state index contributed by atoms with van der Waals surface area (Å²) in [7, 11) is 0. The molecule has 1 aliphatic carbocycles. The van der Waals surface area contributed by atoms with Gasteiger partial charge in [0.1, 0.15) is 0 Å². The van der Waals surface area contributed by atoms with E-state index in [-0.39, 0.29) is 0 Å². The van der Waals surface area contributed by atoms with Crippen LogP contribution in [0.2, 0.25) is 0 Å². The van der Waals surface area contributed by atoms with E-state index < -0.39 is 0 Å². The maximum atomic E-state index is 5.63. The fraction of sp³-hybridized carbons (Fsp3) is 1.00. The Bertz CT molecular complexity index is 154. The van der Waals surface area contributed by atoms with Gasteiger partial charge >= 0.3 is 0 Å². The van der Waals surface area contributed by atoms with Crippen molar-refractivity contribution in [3.63, 3.8) is 0 Å². The summed E-state index contributed by atoms with van der Waals surface area (Å²) in [5.74, 6) is 6.47. The van der Waals surface area contributed by atoms with Crippen molar-refractivity contribution >= 4 is 0 Å². The van der Waals surface area contributed by atoms with Gasteiger partial charge in [-0.25, -0.2) is 0 Å². The highest BCUT2D eigenvalue weighted by molar-refractivity contribution is 4.80. The zero-order valence-corrected chi connectivity index (χ0v) is 9.97. The second-order valence-electron chi connectivity index (χ2n) is 5.92. The molecule has 14 heavy (non-hydrogen) atoms. The predicted octanol–water partition coefficient (Wildman–Crippen LogP) is 2.83. The summed E-state index contributed by atoms with van der Waals surface area (Å²) < 4.78 is 0. The fourth-order valence-electron chi connectivity index (χ4n) is 2.40. The van der Waals surface area contributed by atoms with Crippen molar-refractivity contribution in [1.82, 2.24) is 5.43 Å². The first-order chi connectivity index (χ1) is 6.53. The molecule has 0 radical (unpaired) electrons. The summed E-state index contributed by atoms with van der Waals surface area (Å²) in [5, 5.41) is 0. The molecule has 1 atom stereocenters. The van der Waals surface area contributed by atoms with Crippen LogP contribution in [0.5, 0.6) is 0 Å². The summed E-state index contributed by atoms with van der Waals surface area (Å²) in [5.41, 5.74) is 3.45. The van der Waals surface area contributed by atoms with E-state index in [0.717, 1.165) is 5.92 Å². The molecule has 1 rings (SSSR count). The van der Waals surface area contributed by atoms with Gasteiger partial charge in [-0.15, -0.1) is 0 Å². The zero-order chi connectivity index (χ0) is 10.6. The van der Waals surface area contributed by atoms with E-state index in [4.69, 9.17) is 5.84 Å². The Morgan fingerprint density at radius 2 is 1.86 bits per heavy atom. The van der Waals surface area contributed by atoms with Crippen molar-refractivity contribution in [3.05, 3.63) is 0 Å². The van der Waals surface area contributed by atoms with Crippen molar-refractivity contribution in [2.75, 3.05) is 0 Å². The van der Waals surface area contributed by atoms with Gasteiger partial charge in [0.05, 0.1) is 0 Å². The lowest BCUT2D eigenvalue weighted by atomic mass is 9.85. The highest BCUT2D eigenvalue weighted by atomic mass is 15.2. The van der Waals surface area contributed by atoms with Crippen LogP contribution < -0.4 is 11.3 Å². The average molecular weight is 198 g/mol. The first-order valence-corrected chi connectivity index (χ1v) is 5.99. The summed E-state index contributed by atoms with van der Waals surface area (Å²) >= 11 is 0. The molecule has 1 aliphatic rings. The van der Waals surface area contributed by atoms with Crippen LogP contribution in [0.15, 0.2) is 0 Å². The molecule has 0 saturated heterocycles. The summed E-state index contributed by atoms with van der Waals surface area (Å²) in [6.45, 7) is 6.90. The number of rotatable bonds is 4. The first-order valence-electron chi connectivity index (χ1n) is 5.99. The van der Waals surface area contributed by atoms with Gasteiger partial charge in [0.2, 0.25) is 0 Å². The minimum Gasteiger partial charge on any atom is -0.271 e. The average Bonchev–Trinajstić information content (AvgIpc) is 2.56. The molecule has 0 amide bonds. The zero-order valence-electron chi connectivity index (χ0n) is 9.97. The first kappa shape index (κ1) is 12.0. The fourth-order valence-corrected chi connectivity index (χ4v) is 2.40. The molecule has 1 saturated carbocycles. The second-order valence-corrected chi connectivity index (χ2v) is 5.92. The Morgan fingerprint density at radius 1 is 1.29 bits per heavy atom. The molecule has 84 valence electrons. The standard InChI is InChI=1S/C12H26N2/c1-12(2,3)9-8-11(14-13)10-6-4-5-7-10/h10-11,14H,4-9,13H2,1-3H3. The van der Waals surface area contributed by atoms with Crippen molar-refractivity contribution < 1.29 is 0 Å². The lowest BCUT2D eigenvalue weighted by Crippen LogP contribution is -2.40. The van der Waals surface area contributed by atoms with Gasteiger partial charge in [-0.05, 0) is 37.0 Å². The number of nitrogens with one attached hydrogen (secondary N) is 1. The van der Waals surface area contributed by atoms with Crippen LogP contribution in [-0.2, 0) is 0 Å². The number of hydrazine groups is 1. The van der Waals surface area contributed by atoms with Crippen LogP contribution in [0, 0.1) is 11.3 Å². The number of hydrogen-bond acceptors (Lipinski definition) is 2. The molecule has 0 aliphatic heterocycles. The number of nitrogens with two attached hydrogens (primary N) is 1. The van der Waals surface area contributed by atoms with Gasteiger partial charge in [0.15, 0.2) is 0 Å². The molecular weight excluding hydrogens is 172 g/mol. The Kier molecular flexibility index (Phi) is 4.39. The maximum absolute atomic E-state index is 5.63. The highest BCUT2D eigenvalue weighted by Gasteiger charge is 2.25. The van der Waals surface area contributed by atoms with Gasteiger partial charge in [-0.1, -0.05) is 33.6 Å².